The number of likely N-dealkylation sites (tertiary alicyclic amines) is 1. The van der Waals surface area contributed by atoms with Gasteiger partial charge in [0.2, 0.25) is 5.95 Å². The van der Waals surface area contributed by atoms with Crippen LogP contribution in [-0.4, -0.2) is 41.1 Å². The number of rotatable bonds is 3. The van der Waals surface area contributed by atoms with E-state index in [4.69, 9.17) is 15.7 Å². The van der Waals surface area contributed by atoms with Crippen molar-refractivity contribution in [3.8, 4) is 11.8 Å². The molecule has 3 N–H and O–H groups in total. The Labute approximate surface area is 151 Å². The van der Waals surface area contributed by atoms with Gasteiger partial charge in [-0.3, -0.25) is 0 Å². The number of methoxy groups -OCH3 is 1. The van der Waals surface area contributed by atoms with Gasteiger partial charge in [0.1, 0.15) is 5.75 Å². The number of nitrogen functional groups attached to an aromatic ring is 1. The fourth-order valence-corrected chi connectivity index (χ4v) is 3.09. The maximum Gasteiger partial charge on any atom is 0.321 e. The zero-order valence-electron chi connectivity index (χ0n) is 14.5. The molecule has 8 heteroatoms. The van der Waals surface area contributed by atoms with E-state index in [1.165, 1.54) is 7.11 Å². The smallest absolute Gasteiger partial charge is 0.321 e. The number of carbonyl (C=O) groups is 1. The number of benzene rings is 1. The topological polar surface area (TPSA) is 117 Å². The second-order valence-electron chi connectivity index (χ2n) is 6.08. The number of hydrogen-bond acceptors (Lipinski definition) is 6. The minimum absolute atomic E-state index is 0.118. The van der Waals surface area contributed by atoms with Crippen LogP contribution in [0.4, 0.5) is 16.4 Å². The molecule has 1 aliphatic heterocycles. The van der Waals surface area contributed by atoms with Crippen LogP contribution in [0.2, 0.25) is 0 Å². The number of nitrogens with two attached hydrogens (primary N) is 1. The zero-order valence-corrected chi connectivity index (χ0v) is 14.5. The number of piperidine rings is 1. The molecular weight excluding hydrogens is 332 g/mol. The van der Waals surface area contributed by atoms with Crippen LogP contribution in [0.15, 0.2) is 30.5 Å². The lowest BCUT2D eigenvalue weighted by Crippen LogP contribution is -2.41. The van der Waals surface area contributed by atoms with Crippen LogP contribution < -0.4 is 15.8 Å². The molecule has 0 radical (unpaired) electrons. The Bertz CT molecular complexity index is 848. The third-order valence-corrected chi connectivity index (χ3v) is 4.39. The van der Waals surface area contributed by atoms with Gasteiger partial charge in [-0.25, -0.2) is 14.8 Å². The first-order valence-corrected chi connectivity index (χ1v) is 8.33. The molecule has 2 heterocycles. The SMILES string of the molecule is COc1ccc(C#N)cc1NC(=O)N1CCCC(c2ccnc(N)n2)C1. The Morgan fingerprint density at radius 2 is 2.31 bits per heavy atom. The Balaban J connectivity index is 1.73. The molecule has 0 bridgehead atoms. The van der Waals surface area contributed by atoms with Crippen LogP contribution in [-0.2, 0) is 0 Å². The van der Waals surface area contributed by atoms with E-state index in [1.807, 2.05) is 6.07 Å². The van der Waals surface area contributed by atoms with Gasteiger partial charge in [-0.2, -0.15) is 5.26 Å². The average Bonchev–Trinajstić information content (AvgIpc) is 2.68. The van der Waals surface area contributed by atoms with Crippen molar-refractivity contribution in [2.75, 3.05) is 31.2 Å². The van der Waals surface area contributed by atoms with E-state index in [0.717, 1.165) is 18.5 Å². The molecule has 3 rings (SSSR count). The Morgan fingerprint density at radius 1 is 1.46 bits per heavy atom. The molecule has 0 saturated carbocycles. The summed E-state index contributed by atoms with van der Waals surface area (Å²) in [5, 5.41) is 11.9. The highest BCUT2D eigenvalue weighted by molar-refractivity contribution is 5.91. The van der Waals surface area contributed by atoms with Gasteiger partial charge < -0.3 is 20.7 Å². The lowest BCUT2D eigenvalue weighted by molar-refractivity contribution is 0.192. The predicted octanol–water partition coefficient (Wildman–Crippen LogP) is 2.35. The molecule has 1 atom stereocenters. The number of nitrogens with one attached hydrogen (secondary N) is 1. The zero-order chi connectivity index (χ0) is 18.5. The van der Waals surface area contributed by atoms with E-state index in [1.54, 1.807) is 29.3 Å². The number of anilines is 2. The van der Waals surface area contributed by atoms with Crippen LogP contribution in [0.1, 0.15) is 30.0 Å². The van der Waals surface area contributed by atoms with Gasteiger partial charge >= 0.3 is 6.03 Å². The van der Waals surface area contributed by atoms with Gasteiger partial charge in [0.15, 0.2) is 0 Å². The van der Waals surface area contributed by atoms with E-state index < -0.39 is 0 Å². The van der Waals surface area contributed by atoms with Crippen molar-refractivity contribution in [3.63, 3.8) is 0 Å². The highest BCUT2D eigenvalue weighted by Crippen LogP contribution is 2.28. The molecular formula is C18H20N6O2. The molecule has 1 saturated heterocycles. The first kappa shape index (κ1) is 17.5. The van der Waals surface area contributed by atoms with Gasteiger partial charge in [0.25, 0.3) is 0 Å². The van der Waals surface area contributed by atoms with Gasteiger partial charge in [0, 0.05) is 25.2 Å². The summed E-state index contributed by atoms with van der Waals surface area (Å²) in [6.45, 7) is 1.20. The highest BCUT2D eigenvalue weighted by atomic mass is 16.5. The van der Waals surface area contributed by atoms with Crippen LogP contribution >= 0.6 is 0 Å². The summed E-state index contributed by atoms with van der Waals surface area (Å²) in [6, 6.07) is 8.57. The summed E-state index contributed by atoms with van der Waals surface area (Å²) < 4.78 is 5.26. The Hall–Kier alpha value is -3.34. The first-order valence-electron chi connectivity index (χ1n) is 8.33. The molecule has 134 valence electrons. The fraction of sp³-hybridized carbons (Fsp3) is 0.333. The van der Waals surface area contributed by atoms with Crippen LogP contribution in [0.5, 0.6) is 5.75 Å². The summed E-state index contributed by atoms with van der Waals surface area (Å²) in [5.74, 6) is 0.865. The number of aromatic nitrogens is 2. The molecule has 8 nitrogen and oxygen atoms in total. The number of ether oxygens (including phenoxy) is 1. The van der Waals surface area contributed by atoms with Crippen molar-refractivity contribution in [3.05, 3.63) is 41.7 Å². The molecule has 0 spiro atoms. The third kappa shape index (κ3) is 3.83. The molecule has 1 fully saturated rings. The van der Waals surface area contributed by atoms with E-state index in [9.17, 15) is 4.79 Å². The number of carbonyl (C=O) groups excluding carboxylic acids is 1. The largest absolute Gasteiger partial charge is 0.495 e. The summed E-state index contributed by atoms with van der Waals surface area (Å²) in [4.78, 5) is 22.6. The van der Waals surface area contributed by atoms with Crippen molar-refractivity contribution in [2.45, 2.75) is 18.8 Å². The number of nitrogens with zero attached hydrogens (tertiary/aromatic N) is 4. The maximum atomic E-state index is 12.7. The Kier molecular flexibility index (Phi) is 5.17. The average molecular weight is 352 g/mol. The summed E-state index contributed by atoms with van der Waals surface area (Å²) in [6.07, 6.45) is 3.44. The second-order valence-corrected chi connectivity index (χ2v) is 6.08. The second kappa shape index (κ2) is 7.70. The van der Waals surface area contributed by atoms with Gasteiger partial charge in [-0.15, -0.1) is 0 Å². The Morgan fingerprint density at radius 3 is 3.04 bits per heavy atom. The standard InChI is InChI=1S/C18H20N6O2/c1-26-16-5-4-12(10-19)9-15(16)23-18(25)24-8-2-3-13(11-24)14-6-7-21-17(20)22-14/h4-7,9,13H,2-3,8,11H2,1H3,(H,23,25)(H2,20,21,22). The van der Waals surface area contributed by atoms with Gasteiger partial charge in [-0.1, -0.05) is 0 Å². The lowest BCUT2D eigenvalue weighted by atomic mass is 9.95. The number of urea groups is 1. The monoisotopic (exact) mass is 352 g/mol. The highest BCUT2D eigenvalue weighted by Gasteiger charge is 2.26. The number of amides is 2. The molecule has 1 aromatic heterocycles. The first-order chi connectivity index (χ1) is 12.6. The van der Waals surface area contributed by atoms with Crippen molar-refractivity contribution in [1.82, 2.24) is 14.9 Å². The van der Waals surface area contributed by atoms with Crippen LogP contribution in [0.3, 0.4) is 0 Å². The normalized spacial score (nSPS) is 16.6. The van der Waals surface area contributed by atoms with Gasteiger partial charge in [0.05, 0.1) is 30.1 Å². The lowest BCUT2D eigenvalue weighted by Gasteiger charge is -2.32. The van der Waals surface area contributed by atoms with Crippen molar-refractivity contribution < 1.29 is 9.53 Å². The molecule has 2 aromatic rings. The molecule has 26 heavy (non-hydrogen) atoms. The van der Waals surface area contributed by atoms with E-state index in [-0.39, 0.29) is 17.9 Å². The molecule has 1 aliphatic rings. The van der Waals surface area contributed by atoms with E-state index in [2.05, 4.69) is 21.4 Å². The maximum absolute atomic E-state index is 12.7. The summed E-state index contributed by atoms with van der Waals surface area (Å²) >= 11 is 0. The van der Waals surface area contributed by atoms with Crippen LogP contribution in [0, 0.1) is 11.3 Å². The van der Waals surface area contributed by atoms with Crippen molar-refractivity contribution in [1.29, 1.82) is 5.26 Å². The quantitative estimate of drug-likeness (QED) is 0.875. The van der Waals surface area contributed by atoms with E-state index >= 15 is 0 Å². The predicted molar refractivity (Wildman–Crippen MR) is 96.7 cm³/mol. The summed E-state index contributed by atoms with van der Waals surface area (Å²) in [5.41, 5.74) is 7.44. The van der Waals surface area contributed by atoms with Gasteiger partial charge in [-0.05, 0) is 37.1 Å². The minimum Gasteiger partial charge on any atom is -0.495 e. The molecule has 0 aliphatic carbocycles. The van der Waals surface area contributed by atoms with E-state index in [0.29, 0.717) is 30.1 Å². The molecule has 1 unspecified atom stereocenters. The summed E-state index contributed by atoms with van der Waals surface area (Å²) in [7, 11) is 1.52. The molecule has 1 aromatic carbocycles. The van der Waals surface area contributed by atoms with Crippen LogP contribution in [0.25, 0.3) is 0 Å². The minimum atomic E-state index is -0.231. The third-order valence-electron chi connectivity index (χ3n) is 4.39. The molecule has 2 amide bonds. The number of hydrogen-bond donors (Lipinski definition) is 2. The fourth-order valence-electron chi connectivity index (χ4n) is 3.09. The van der Waals surface area contributed by atoms with Crippen molar-refractivity contribution in [2.24, 2.45) is 0 Å². The van der Waals surface area contributed by atoms with Crippen molar-refractivity contribution >= 4 is 17.7 Å². The number of nitriles is 1.